The Balaban J connectivity index is 2.70. The summed E-state index contributed by atoms with van der Waals surface area (Å²) in [7, 11) is 0. The minimum Gasteiger partial charge on any atom is -0.351 e. The first-order valence-corrected chi connectivity index (χ1v) is 6.40. The minimum atomic E-state index is -0.0306. The van der Waals surface area contributed by atoms with Gasteiger partial charge in [-0.3, -0.25) is 4.79 Å². The predicted molar refractivity (Wildman–Crippen MR) is 69.6 cm³/mol. The molecule has 0 saturated heterocycles. The van der Waals surface area contributed by atoms with E-state index < -0.39 is 0 Å². The summed E-state index contributed by atoms with van der Waals surface area (Å²) in [6, 6.07) is 5.57. The molecular formula is C11H13Br2NO. The van der Waals surface area contributed by atoms with Crippen LogP contribution in [-0.4, -0.2) is 17.3 Å². The third kappa shape index (κ3) is 3.95. The molecule has 1 N–H and O–H groups in total. The SMILES string of the molecule is Cc1cc(C(=O)NCC(C)Br)ccc1Br. The second-order valence-corrected chi connectivity index (χ2v) is 5.87. The maximum Gasteiger partial charge on any atom is 0.251 e. The van der Waals surface area contributed by atoms with Gasteiger partial charge in [-0.1, -0.05) is 38.8 Å². The van der Waals surface area contributed by atoms with Crippen LogP contribution in [0, 0.1) is 6.92 Å². The highest BCUT2D eigenvalue weighted by Gasteiger charge is 2.07. The molecule has 0 bridgehead atoms. The van der Waals surface area contributed by atoms with Crippen LogP contribution < -0.4 is 5.32 Å². The molecule has 82 valence electrons. The maximum absolute atomic E-state index is 11.7. The number of carbonyl (C=O) groups excluding carboxylic acids is 1. The van der Waals surface area contributed by atoms with E-state index in [0.717, 1.165) is 10.0 Å². The summed E-state index contributed by atoms with van der Waals surface area (Å²) in [5.74, 6) is -0.0306. The second-order valence-electron chi connectivity index (χ2n) is 3.45. The number of rotatable bonds is 3. The van der Waals surface area contributed by atoms with E-state index in [4.69, 9.17) is 0 Å². The molecule has 0 spiro atoms. The van der Waals surface area contributed by atoms with Crippen molar-refractivity contribution in [1.29, 1.82) is 0 Å². The Labute approximate surface area is 107 Å². The van der Waals surface area contributed by atoms with Gasteiger partial charge in [-0.15, -0.1) is 0 Å². The van der Waals surface area contributed by atoms with Crippen molar-refractivity contribution in [3.63, 3.8) is 0 Å². The van der Waals surface area contributed by atoms with Crippen LogP contribution in [0.4, 0.5) is 0 Å². The van der Waals surface area contributed by atoms with Crippen molar-refractivity contribution in [2.75, 3.05) is 6.54 Å². The van der Waals surface area contributed by atoms with E-state index in [0.29, 0.717) is 12.1 Å². The van der Waals surface area contributed by atoms with Crippen LogP contribution in [-0.2, 0) is 0 Å². The van der Waals surface area contributed by atoms with E-state index in [-0.39, 0.29) is 10.7 Å². The fourth-order valence-electron chi connectivity index (χ4n) is 1.12. The largest absolute Gasteiger partial charge is 0.351 e. The van der Waals surface area contributed by atoms with Gasteiger partial charge >= 0.3 is 0 Å². The highest BCUT2D eigenvalue weighted by atomic mass is 79.9. The van der Waals surface area contributed by atoms with Crippen LogP contribution in [0.25, 0.3) is 0 Å². The Morgan fingerprint density at radius 2 is 2.20 bits per heavy atom. The minimum absolute atomic E-state index is 0.0306. The molecular weight excluding hydrogens is 322 g/mol. The summed E-state index contributed by atoms with van der Waals surface area (Å²) in [5, 5.41) is 2.84. The second kappa shape index (κ2) is 5.66. The molecule has 1 amide bonds. The number of aryl methyl sites for hydroxylation is 1. The first-order valence-electron chi connectivity index (χ1n) is 4.69. The summed E-state index contributed by atoms with van der Waals surface area (Å²) in [6.07, 6.45) is 0. The van der Waals surface area contributed by atoms with Crippen molar-refractivity contribution in [3.05, 3.63) is 33.8 Å². The molecule has 1 aromatic rings. The molecule has 15 heavy (non-hydrogen) atoms. The Morgan fingerprint density at radius 3 is 2.73 bits per heavy atom. The summed E-state index contributed by atoms with van der Waals surface area (Å²) in [5.41, 5.74) is 1.76. The normalized spacial score (nSPS) is 12.3. The lowest BCUT2D eigenvalue weighted by Gasteiger charge is -2.07. The molecule has 1 unspecified atom stereocenters. The fourth-order valence-corrected chi connectivity index (χ4v) is 1.53. The standard InChI is InChI=1S/C11H13Br2NO/c1-7-5-9(3-4-10(7)13)11(15)14-6-8(2)12/h3-5,8H,6H2,1-2H3,(H,14,15). The number of nitrogens with one attached hydrogen (secondary N) is 1. The third-order valence-corrected chi connectivity index (χ3v) is 3.18. The molecule has 0 aliphatic rings. The molecule has 0 aromatic heterocycles. The summed E-state index contributed by atoms with van der Waals surface area (Å²) in [4.78, 5) is 12.0. The van der Waals surface area contributed by atoms with E-state index in [9.17, 15) is 4.79 Å². The van der Waals surface area contributed by atoms with Gasteiger partial charge in [-0.05, 0) is 30.7 Å². The van der Waals surface area contributed by atoms with Crippen LogP contribution in [0.1, 0.15) is 22.8 Å². The molecule has 2 nitrogen and oxygen atoms in total. The first-order chi connectivity index (χ1) is 7.00. The van der Waals surface area contributed by atoms with Crippen molar-refractivity contribution in [3.8, 4) is 0 Å². The summed E-state index contributed by atoms with van der Waals surface area (Å²) in [6.45, 7) is 4.59. The summed E-state index contributed by atoms with van der Waals surface area (Å²) >= 11 is 6.78. The lowest BCUT2D eigenvalue weighted by molar-refractivity contribution is 0.0954. The zero-order valence-electron chi connectivity index (χ0n) is 8.68. The quantitative estimate of drug-likeness (QED) is 0.844. The zero-order chi connectivity index (χ0) is 11.4. The number of amides is 1. The van der Waals surface area contributed by atoms with Gasteiger partial charge in [0.25, 0.3) is 5.91 Å². The van der Waals surface area contributed by atoms with Crippen molar-refractivity contribution in [2.24, 2.45) is 0 Å². The molecule has 0 aliphatic carbocycles. The number of hydrogen-bond acceptors (Lipinski definition) is 1. The topological polar surface area (TPSA) is 29.1 Å². The van der Waals surface area contributed by atoms with E-state index in [2.05, 4.69) is 37.2 Å². The molecule has 0 saturated carbocycles. The Bertz CT molecular complexity index is 364. The Morgan fingerprint density at radius 1 is 1.53 bits per heavy atom. The predicted octanol–water partition coefficient (Wildman–Crippen LogP) is 3.27. The number of benzene rings is 1. The van der Waals surface area contributed by atoms with Gasteiger partial charge < -0.3 is 5.32 Å². The molecule has 1 aromatic carbocycles. The highest BCUT2D eigenvalue weighted by Crippen LogP contribution is 2.16. The average molecular weight is 335 g/mol. The number of hydrogen-bond donors (Lipinski definition) is 1. The molecule has 1 atom stereocenters. The van der Waals surface area contributed by atoms with Crippen LogP contribution in [0.3, 0.4) is 0 Å². The van der Waals surface area contributed by atoms with E-state index in [1.54, 1.807) is 0 Å². The molecule has 4 heteroatoms. The molecule has 0 fully saturated rings. The summed E-state index contributed by atoms with van der Waals surface area (Å²) < 4.78 is 1.02. The lowest BCUT2D eigenvalue weighted by Crippen LogP contribution is -2.28. The van der Waals surface area contributed by atoms with E-state index in [1.165, 1.54) is 0 Å². The van der Waals surface area contributed by atoms with Crippen LogP contribution in [0.5, 0.6) is 0 Å². The van der Waals surface area contributed by atoms with Gasteiger partial charge in [-0.2, -0.15) is 0 Å². The van der Waals surface area contributed by atoms with E-state index in [1.807, 2.05) is 32.0 Å². The molecule has 0 aliphatic heterocycles. The highest BCUT2D eigenvalue weighted by molar-refractivity contribution is 9.10. The monoisotopic (exact) mass is 333 g/mol. The van der Waals surface area contributed by atoms with Gasteiger partial charge in [0.2, 0.25) is 0 Å². The van der Waals surface area contributed by atoms with Crippen molar-refractivity contribution >= 4 is 37.8 Å². The number of alkyl halides is 1. The lowest BCUT2D eigenvalue weighted by atomic mass is 10.1. The van der Waals surface area contributed by atoms with Crippen molar-refractivity contribution < 1.29 is 4.79 Å². The van der Waals surface area contributed by atoms with Crippen LogP contribution >= 0.6 is 31.9 Å². The third-order valence-electron chi connectivity index (χ3n) is 1.96. The first kappa shape index (κ1) is 12.7. The van der Waals surface area contributed by atoms with Gasteiger partial charge in [0.1, 0.15) is 0 Å². The van der Waals surface area contributed by atoms with Crippen LogP contribution in [0.2, 0.25) is 0 Å². The number of carbonyl (C=O) groups is 1. The van der Waals surface area contributed by atoms with Gasteiger partial charge in [0.05, 0.1) is 0 Å². The van der Waals surface area contributed by atoms with Crippen LogP contribution in [0.15, 0.2) is 22.7 Å². The fraction of sp³-hybridized carbons (Fsp3) is 0.364. The zero-order valence-corrected chi connectivity index (χ0v) is 11.9. The molecule has 0 heterocycles. The maximum atomic E-state index is 11.7. The van der Waals surface area contributed by atoms with Gasteiger partial charge in [0, 0.05) is 21.4 Å². The van der Waals surface area contributed by atoms with E-state index >= 15 is 0 Å². The molecule has 1 rings (SSSR count). The van der Waals surface area contributed by atoms with Gasteiger partial charge in [-0.25, -0.2) is 0 Å². The van der Waals surface area contributed by atoms with Crippen molar-refractivity contribution in [1.82, 2.24) is 5.32 Å². The van der Waals surface area contributed by atoms with Gasteiger partial charge in [0.15, 0.2) is 0 Å². The smallest absolute Gasteiger partial charge is 0.251 e. The Kier molecular flexibility index (Phi) is 4.80. The Hall–Kier alpha value is -0.350. The number of halogens is 2. The molecule has 0 radical (unpaired) electrons. The van der Waals surface area contributed by atoms with Crippen molar-refractivity contribution in [2.45, 2.75) is 18.7 Å². The average Bonchev–Trinajstić information content (AvgIpc) is 2.18.